The minimum absolute atomic E-state index is 0.715. The normalized spacial score (nSPS) is 12.6. The fourth-order valence-corrected chi connectivity index (χ4v) is 0. The highest BCUT2D eigenvalue weighted by Gasteiger charge is 2.16. The highest BCUT2D eigenvalue weighted by Crippen LogP contribution is 1.77. The van der Waals surface area contributed by atoms with Crippen LogP contribution < -0.4 is 4.31 Å². The van der Waals surface area contributed by atoms with E-state index in [0.29, 0.717) is 4.31 Å². The van der Waals surface area contributed by atoms with Crippen LogP contribution in [0.4, 0.5) is 0 Å². The third-order valence-corrected chi connectivity index (χ3v) is 1.38. The highest BCUT2D eigenvalue weighted by molar-refractivity contribution is 7.84. The van der Waals surface area contributed by atoms with Crippen LogP contribution in [0.3, 0.4) is 0 Å². The molecule has 1 radical (unpaired) electrons. The molecule has 0 aliphatic heterocycles. The minimum Gasteiger partial charge on any atom is -0.238 e. The minimum atomic E-state index is -3.91. The lowest BCUT2D eigenvalue weighted by Crippen LogP contribution is -2.26. The maximum absolute atomic E-state index is 9.81. The molecule has 0 aliphatic carbocycles. The number of hydrogen-bond acceptors (Lipinski definition) is 2. The van der Waals surface area contributed by atoms with Gasteiger partial charge < -0.3 is 0 Å². The summed E-state index contributed by atoms with van der Waals surface area (Å²) in [7, 11) is -1.42. The molecule has 1 N–H and O–H groups in total. The van der Waals surface area contributed by atoms with Gasteiger partial charge >= 0.3 is 10.3 Å². The summed E-state index contributed by atoms with van der Waals surface area (Å²) in [6.45, 7) is 0. The Morgan fingerprint density at radius 1 is 1.43 bits per heavy atom. The van der Waals surface area contributed by atoms with E-state index in [1.165, 1.54) is 14.1 Å². The quantitative estimate of drug-likeness (QED) is 0.368. The van der Waals surface area contributed by atoms with Crippen molar-refractivity contribution < 1.29 is 13.0 Å². The second-order valence-corrected chi connectivity index (χ2v) is 2.89. The Labute approximate surface area is 42.6 Å². The Morgan fingerprint density at radius 2 is 1.57 bits per heavy atom. The van der Waals surface area contributed by atoms with Gasteiger partial charge in [-0.15, -0.1) is 8.42 Å². The maximum atomic E-state index is 9.81. The SMILES string of the molecule is C[N+](C)S(=O)(=O)O. The molecule has 0 aromatic heterocycles. The van der Waals surface area contributed by atoms with Gasteiger partial charge in [-0.2, -0.15) is 0 Å². The zero-order valence-corrected chi connectivity index (χ0v) is 4.94. The van der Waals surface area contributed by atoms with Crippen molar-refractivity contribution in [2.24, 2.45) is 0 Å². The fraction of sp³-hybridized carbons (Fsp3) is 1.00. The van der Waals surface area contributed by atoms with Crippen LogP contribution in [0, 0.1) is 0 Å². The summed E-state index contributed by atoms with van der Waals surface area (Å²) in [5.41, 5.74) is 0. The van der Waals surface area contributed by atoms with Crippen LogP contribution in [0.5, 0.6) is 0 Å². The molecule has 0 rings (SSSR count). The van der Waals surface area contributed by atoms with Gasteiger partial charge in [-0.25, -0.2) is 4.55 Å². The van der Waals surface area contributed by atoms with Crippen molar-refractivity contribution in [1.82, 2.24) is 4.31 Å². The average molecular weight is 125 g/mol. The predicted octanol–water partition coefficient (Wildman–Crippen LogP) is -0.811. The first kappa shape index (κ1) is 6.87. The van der Waals surface area contributed by atoms with E-state index in [9.17, 15) is 8.42 Å². The Morgan fingerprint density at radius 3 is 1.57 bits per heavy atom. The predicted molar refractivity (Wildman–Crippen MR) is 25.5 cm³/mol. The molecule has 0 saturated heterocycles. The smallest absolute Gasteiger partial charge is 0.238 e. The summed E-state index contributed by atoms with van der Waals surface area (Å²) in [5.74, 6) is 0. The number of hydrogen-bond donors (Lipinski definition) is 1. The molecule has 0 unspecified atom stereocenters. The van der Waals surface area contributed by atoms with E-state index in [2.05, 4.69) is 0 Å². The molecule has 0 bridgehead atoms. The van der Waals surface area contributed by atoms with Crippen LogP contribution in [-0.2, 0) is 10.3 Å². The first-order valence-corrected chi connectivity index (χ1v) is 2.99. The number of nitrogens with zero attached hydrogens (tertiary/aromatic N) is 1. The first-order chi connectivity index (χ1) is 2.94. The van der Waals surface area contributed by atoms with E-state index < -0.39 is 10.3 Å². The molecule has 0 heterocycles. The highest BCUT2D eigenvalue weighted by atomic mass is 32.2. The van der Waals surface area contributed by atoms with E-state index >= 15 is 0 Å². The van der Waals surface area contributed by atoms with Crippen molar-refractivity contribution in [2.45, 2.75) is 0 Å². The zero-order valence-electron chi connectivity index (χ0n) is 4.12. The molecule has 0 fully saturated rings. The van der Waals surface area contributed by atoms with Crippen LogP contribution in [0.2, 0.25) is 0 Å². The molecule has 0 saturated carbocycles. The third-order valence-electron chi connectivity index (χ3n) is 0.461. The Kier molecular flexibility index (Phi) is 1.74. The summed E-state index contributed by atoms with van der Waals surface area (Å²) in [5, 5.41) is 0. The molecule has 0 aromatic rings. The molecule has 7 heavy (non-hydrogen) atoms. The molecular weight excluding hydrogens is 118 g/mol. The maximum Gasteiger partial charge on any atom is 0.479 e. The van der Waals surface area contributed by atoms with Gasteiger partial charge in [0.25, 0.3) is 0 Å². The van der Waals surface area contributed by atoms with Crippen molar-refractivity contribution in [3.8, 4) is 0 Å². The third kappa shape index (κ3) is 2.55. The zero-order chi connectivity index (χ0) is 6.08. The lowest BCUT2D eigenvalue weighted by atomic mass is 11.3. The Bertz CT molecular complexity index is 135. The van der Waals surface area contributed by atoms with Gasteiger partial charge in [-0.05, 0) is 4.31 Å². The lowest BCUT2D eigenvalue weighted by Gasteiger charge is -1.88. The number of rotatable bonds is 1. The molecule has 0 atom stereocenters. The Hall–Kier alpha value is -0.130. The molecule has 0 spiro atoms. The van der Waals surface area contributed by atoms with Crippen LogP contribution >= 0.6 is 0 Å². The van der Waals surface area contributed by atoms with Crippen molar-refractivity contribution in [1.29, 1.82) is 0 Å². The van der Waals surface area contributed by atoms with Crippen molar-refractivity contribution >= 4 is 10.3 Å². The molecular formula is C2H7NO3S+. The molecule has 0 aliphatic rings. The first-order valence-electron chi connectivity index (χ1n) is 1.59. The van der Waals surface area contributed by atoms with Crippen LogP contribution in [0.15, 0.2) is 0 Å². The van der Waals surface area contributed by atoms with Crippen LogP contribution in [-0.4, -0.2) is 27.1 Å². The summed E-state index contributed by atoms with van der Waals surface area (Å²) in [6.07, 6.45) is 0. The summed E-state index contributed by atoms with van der Waals surface area (Å²) >= 11 is 0. The van der Waals surface area contributed by atoms with E-state index in [1.807, 2.05) is 0 Å². The van der Waals surface area contributed by atoms with Gasteiger partial charge in [0.15, 0.2) is 0 Å². The van der Waals surface area contributed by atoms with Gasteiger partial charge in [0.1, 0.15) is 14.1 Å². The standard InChI is InChI=1S/C2H7NO3S/c1-3(2)7(4,5)6/h1-2H3,(H,4,5,6)/q+1. The van der Waals surface area contributed by atoms with Gasteiger partial charge in [0, 0.05) is 0 Å². The average Bonchev–Trinajstić information content (AvgIpc) is 1.31. The van der Waals surface area contributed by atoms with Gasteiger partial charge in [0.2, 0.25) is 0 Å². The van der Waals surface area contributed by atoms with E-state index in [4.69, 9.17) is 4.55 Å². The van der Waals surface area contributed by atoms with E-state index in [-0.39, 0.29) is 0 Å². The molecule has 0 aromatic carbocycles. The van der Waals surface area contributed by atoms with Crippen LogP contribution in [0.1, 0.15) is 0 Å². The summed E-state index contributed by atoms with van der Waals surface area (Å²) < 4.78 is 28.3. The van der Waals surface area contributed by atoms with Gasteiger partial charge in [-0.1, -0.05) is 0 Å². The Balaban J connectivity index is 4.10. The fourth-order valence-electron chi connectivity index (χ4n) is 0. The van der Waals surface area contributed by atoms with Crippen molar-refractivity contribution in [2.75, 3.05) is 14.1 Å². The molecule has 43 valence electrons. The topological polar surface area (TPSA) is 60.3 Å². The summed E-state index contributed by atoms with van der Waals surface area (Å²) in [4.78, 5) is 0. The largest absolute Gasteiger partial charge is 0.479 e. The van der Waals surface area contributed by atoms with Crippen molar-refractivity contribution in [3.63, 3.8) is 0 Å². The second-order valence-electron chi connectivity index (χ2n) is 1.26. The molecule has 0 amide bonds. The summed E-state index contributed by atoms with van der Waals surface area (Å²) in [6, 6.07) is 0. The van der Waals surface area contributed by atoms with E-state index in [1.54, 1.807) is 0 Å². The second kappa shape index (κ2) is 1.77. The van der Waals surface area contributed by atoms with Gasteiger partial charge in [-0.3, -0.25) is 0 Å². The molecule has 4 nitrogen and oxygen atoms in total. The van der Waals surface area contributed by atoms with Crippen LogP contribution in [0.25, 0.3) is 0 Å². The van der Waals surface area contributed by atoms with Crippen molar-refractivity contribution in [3.05, 3.63) is 0 Å². The van der Waals surface area contributed by atoms with Gasteiger partial charge in [0.05, 0.1) is 0 Å². The lowest BCUT2D eigenvalue weighted by molar-refractivity contribution is 0.450. The molecule has 5 heteroatoms. The van der Waals surface area contributed by atoms with E-state index in [0.717, 1.165) is 0 Å². The monoisotopic (exact) mass is 125 g/mol.